The Labute approximate surface area is 161 Å². The van der Waals surface area contributed by atoms with Gasteiger partial charge in [-0.3, -0.25) is 4.90 Å². The van der Waals surface area contributed by atoms with Crippen LogP contribution in [0.3, 0.4) is 0 Å². The molecule has 0 radical (unpaired) electrons. The van der Waals surface area contributed by atoms with Crippen molar-refractivity contribution in [1.29, 1.82) is 0 Å². The molecule has 0 aliphatic carbocycles. The first-order valence-electron chi connectivity index (χ1n) is 9.56. The number of carbonyl (C=O) groups excluding carboxylic acids is 1. The van der Waals surface area contributed by atoms with E-state index >= 15 is 0 Å². The summed E-state index contributed by atoms with van der Waals surface area (Å²) in [6, 6.07) is 16.5. The van der Waals surface area contributed by atoms with Gasteiger partial charge in [-0.15, -0.1) is 0 Å². The first-order valence-corrected chi connectivity index (χ1v) is 9.56. The lowest BCUT2D eigenvalue weighted by molar-refractivity contribution is 0.0338. The zero-order valence-electron chi connectivity index (χ0n) is 16.1. The molecule has 3 rings (SSSR count). The van der Waals surface area contributed by atoms with Crippen LogP contribution in [-0.2, 0) is 9.47 Å². The monoisotopic (exact) mass is 368 g/mol. The quantitative estimate of drug-likeness (QED) is 0.761. The van der Waals surface area contributed by atoms with Crippen LogP contribution in [0.2, 0.25) is 0 Å². The lowest BCUT2D eigenvalue weighted by Crippen LogP contribution is -2.41. The smallest absolute Gasteiger partial charge is 0.338 e. The Morgan fingerprint density at radius 3 is 2.22 bits per heavy atom. The molecular weight excluding hydrogens is 340 g/mol. The van der Waals surface area contributed by atoms with E-state index in [0.717, 1.165) is 44.0 Å². The van der Waals surface area contributed by atoms with Crippen LogP contribution >= 0.6 is 0 Å². The number of ether oxygens (including phenoxy) is 2. The van der Waals surface area contributed by atoms with Crippen LogP contribution in [0.1, 0.15) is 28.9 Å². The second-order valence-electron chi connectivity index (χ2n) is 6.67. The molecule has 1 saturated heterocycles. The van der Waals surface area contributed by atoms with Crippen LogP contribution in [0.25, 0.3) is 11.1 Å². The van der Waals surface area contributed by atoms with E-state index in [1.807, 2.05) is 38.2 Å². The van der Waals surface area contributed by atoms with Gasteiger partial charge < -0.3 is 14.8 Å². The third kappa shape index (κ3) is 5.16. The average molecular weight is 368 g/mol. The molecule has 27 heavy (non-hydrogen) atoms. The zero-order valence-corrected chi connectivity index (χ0v) is 16.1. The molecule has 0 spiro atoms. The highest BCUT2D eigenvalue weighted by molar-refractivity contribution is 5.90. The Balaban J connectivity index is 1.67. The van der Waals surface area contributed by atoms with Gasteiger partial charge in [0.1, 0.15) is 0 Å². The lowest BCUT2D eigenvalue weighted by atomic mass is 9.99. The molecule has 0 saturated carbocycles. The van der Waals surface area contributed by atoms with Gasteiger partial charge in [0.25, 0.3) is 0 Å². The molecule has 1 fully saturated rings. The maximum absolute atomic E-state index is 11.8. The number of rotatable bonds is 7. The highest BCUT2D eigenvalue weighted by Gasteiger charge is 2.17. The molecule has 1 aliphatic rings. The topological polar surface area (TPSA) is 50.8 Å². The van der Waals surface area contributed by atoms with Crippen LogP contribution in [0.15, 0.2) is 48.5 Å². The number of hydrogen-bond acceptors (Lipinski definition) is 5. The number of hydrogen-bond donors (Lipinski definition) is 1. The number of nitrogens with zero attached hydrogens (tertiary/aromatic N) is 1. The molecule has 1 aliphatic heterocycles. The van der Waals surface area contributed by atoms with Crippen LogP contribution in [0.4, 0.5) is 0 Å². The largest absolute Gasteiger partial charge is 0.462 e. The Morgan fingerprint density at radius 1 is 1.07 bits per heavy atom. The Bertz CT molecular complexity index is 722. The van der Waals surface area contributed by atoms with Crippen LogP contribution in [0.5, 0.6) is 0 Å². The number of morpholine rings is 1. The SMILES string of the molecule is CCOC(=O)c1ccc(-c2ccc([C@H](CN3CCOCC3)NC)cc2)cc1. The van der Waals surface area contributed by atoms with Gasteiger partial charge in [0.05, 0.1) is 25.4 Å². The summed E-state index contributed by atoms with van der Waals surface area (Å²) in [5.74, 6) is -0.278. The van der Waals surface area contributed by atoms with E-state index in [0.29, 0.717) is 18.2 Å². The fourth-order valence-corrected chi connectivity index (χ4v) is 3.33. The molecule has 2 aromatic carbocycles. The summed E-state index contributed by atoms with van der Waals surface area (Å²) in [7, 11) is 2.01. The van der Waals surface area contributed by atoms with Gasteiger partial charge in [0.15, 0.2) is 0 Å². The van der Waals surface area contributed by atoms with Gasteiger partial charge in [-0.1, -0.05) is 36.4 Å². The van der Waals surface area contributed by atoms with Crippen molar-refractivity contribution in [2.24, 2.45) is 0 Å². The summed E-state index contributed by atoms with van der Waals surface area (Å²) in [6.07, 6.45) is 0. The standard InChI is InChI=1S/C22H28N2O3/c1-3-27-22(25)20-10-6-18(7-11-20)17-4-8-19(9-5-17)21(23-2)16-24-12-14-26-15-13-24/h4-11,21,23H,3,12-16H2,1-2H3/t21-/m0/s1. The second-order valence-corrected chi connectivity index (χ2v) is 6.67. The van der Waals surface area contributed by atoms with Crippen molar-refractivity contribution in [2.75, 3.05) is 46.5 Å². The Morgan fingerprint density at radius 2 is 1.67 bits per heavy atom. The fraction of sp³-hybridized carbons (Fsp3) is 0.409. The van der Waals surface area contributed by atoms with E-state index in [9.17, 15) is 4.79 Å². The molecular formula is C22H28N2O3. The molecule has 0 aromatic heterocycles. The van der Waals surface area contributed by atoms with Crippen molar-refractivity contribution in [3.63, 3.8) is 0 Å². The zero-order chi connectivity index (χ0) is 19.1. The number of esters is 1. The molecule has 0 amide bonds. The van der Waals surface area contributed by atoms with Gasteiger partial charge in [0, 0.05) is 25.7 Å². The molecule has 1 N–H and O–H groups in total. The van der Waals surface area contributed by atoms with Crippen molar-refractivity contribution < 1.29 is 14.3 Å². The van der Waals surface area contributed by atoms with E-state index in [2.05, 4.69) is 34.5 Å². The molecule has 0 bridgehead atoms. The third-order valence-electron chi connectivity index (χ3n) is 4.94. The molecule has 5 nitrogen and oxygen atoms in total. The summed E-state index contributed by atoms with van der Waals surface area (Å²) >= 11 is 0. The van der Waals surface area contributed by atoms with Gasteiger partial charge in [0.2, 0.25) is 0 Å². The van der Waals surface area contributed by atoms with Crippen molar-refractivity contribution in [1.82, 2.24) is 10.2 Å². The van der Waals surface area contributed by atoms with Crippen LogP contribution in [0, 0.1) is 0 Å². The normalized spacial score (nSPS) is 16.1. The van der Waals surface area contributed by atoms with E-state index in [4.69, 9.17) is 9.47 Å². The maximum atomic E-state index is 11.8. The fourth-order valence-electron chi connectivity index (χ4n) is 3.33. The molecule has 0 unspecified atom stereocenters. The van der Waals surface area contributed by atoms with Crippen LogP contribution < -0.4 is 5.32 Å². The van der Waals surface area contributed by atoms with E-state index in [1.54, 1.807) is 0 Å². The van der Waals surface area contributed by atoms with Crippen LogP contribution in [-0.4, -0.2) is 57.4 Å². The number of likely N-dealkylation sites (N-methyl/N-ethyl adjacent to an activating group) is 1. The number of carbonyl (C=O) groups is 1. The van der Waals surface area contributed by atoms with Gasteiger partial charge in [-0.2, -0.15) is 0 Å². The molecule has 144 valence electrons. The minimum Gasteiger partial charge on any atom is -0.462 e. The van der Waals surface area contributed by atoms with Gasteiger partial charge in [-0.25, -0.2) is 4.79 Å². The summed E-state index contributed by atoms with van der Waals surface area (Å²) in [4.78, 5) is 14.2. The first kappa shape index (κ1) is 19.5. The number of benzene rings is 2. The van der Waals surface area contributed by atoms with E-state index in [1.165, 1.54) is 5.56 Å². The minimum absolute atomic E-state index is 0.278. The predicted molar refractivity (Wildman–Crippen MR) is 107 cm³/mol. The van der Waals surface area contributed by atoms with Crippen molar-refractivity contribution in [3.8, 4) is 11.1 Å². The maximum Gasteiger partial charge on any atom is 0.338 e. The lowest BCUT2D eigenvalue weighted by Gasteiger charge is -2.30. The average Bonchev–Trinajstić information content (AvgIpc) is 2.73. The van der Waals surface area contributed by atoms with E-state index in [-0.39, 0.29) is 5.97 Å². The second kappa shape index (κ2) is 9.65. The minimum atomic E-state index is -0.278. The molecule has 1 heterocycles. The molecule has 2 aromatic rings. The summed E-state index contributed by atoms with van der Waals surface area (Å²) in [5, 5.41) is 3.42. The molecule has 5 heteroatoms. The summed E-state index contributed by atoms with van der Waals surface area (Å²) in [6.45, 7) is 6.79. The molecule has 1 atom stereocenters. The predicted octanol–water partition coefficient (Wildman–Crippen LogP) is 3.12. The first-order chi connectivity index (χ1) is 13.2. The van der Waals surface area contributed by atoms with Crippen molar-refractivity contribution in [2.45, 2.75) is 13.0 Å². The van der Waals surface area contributed by atoms with Crippen molar-refractivity contribution >= 4 is 5.97 Å². The van der Waals surface area contributed by atoms with Crippen molar-refractivity contribution in [3.05, 3.63) is 59.7 Å². The summed E-state index contributed by atoms with van der Waals surface area (Å²) in [5.41, 5.74) is 4.08. The summed E-state index contributed by atoms with van der Waals surface area (Å²) < 4.78 is 10.5. The number of nitrogens with one attached hydrogen (secondary N) is 1. The highest BCUT2D eigenvalue weighted by Crippen LogP contribution is 2.23. The third-order valence-corrected chi connectivity index (χ3v) is 4.94. The Hall–Kier alpha value is -2.21. The van der Waals surface area contributed by atoms with Gasteiger partial charge in [-0.05, 0) is 42.8 Å². The highest BCUT2D eigenvalue weighted by atomic mass is 16.5. The van der Waals surface area contributed by atoms with Gasteiger partial charge >= 0.3 is 5.97 Å². The Kier molecular flexibility index (Phi) is 6.98. The van der Waals surface area contributed by atoms with E-state index < -0.39 is 0 Å².